The maximum absolute atomic E-state index is 12.4. The molecular formula is C11H14ClFN2. The Labute approximate surface area is 94.1 Å². The normalized spacial score (nSPS) is 18.1. The first kappa shape index (κ1) is 10.7. The number of nitrogens with zero attached hydrogens (tertiary/aromatic N) is 2. The Bertz CT molecular complexity index is 324. The molecule has 4 heteroatoms. The molecular weight excluding hydrogens is 215 g/mol. The van der Waals surface area contributed by atoms with E-state index in [0.29, 0.717) is 5.15 Å². The molecule has 15 heavy (non-hydrogen) atoms. The number of alkyl halides is 1. The fourth-order valence-electron chi connectivity index (χ4n) is 1.89. The standard InChI is InChI=1S/C11H14ClFN2/c12-10-2-1-3-11(14-10)15-6-4-9(8-13)5-7-15/h1-3,9H,4-8H2. The maximum Gasteiger partial charge on any atom is 0.131 e. The molecule has 0 radical (unpaired) electrons. The molecule has 1 aromatic heterocycles. The first-order valence-electron chi connectivity index (χ1n) is 5.23. The summed E-state index contributed by atoms with van der Waals surface area (Å²) in [5, 5.41) is 0.514. The summed E-state index contributed by atoms with van der Waals surface area (Å²) in [5.74, 6) is 1.14. The largest absolute Gasteiger partial charge is 0.357 e. The third-order valence-electron chi connectivity index (χ3n) is 2.86. The Kier molecular flexibility index (Phi) is 3.41. The fourth-order valence-corrected chi connectivity index (χ4v) is 2.05. The second-order valence-electron chi connectivity index (χ2n) is 3.90. The molecule has 0 atom stereocenters. The number of halogens is 2. The maximum atomic E-state index is 12.4. The zero-order chi connectivity index (χ0) is 10.7. The molecule has 82 valence electrons. The van der Waals surface area contributed by atoms with Crippen LogP contribution in [0.4, 0.5) is 10.2 Å². The van der Waals surface area contributed by atoms with E-state index in [1.54, 1.807) is 6.07 Å². The quantitative estimate of drug-likeness (QED) is 0.724. The molecule has 1 saturated heterocycles. The van der Waals surface area contributed by atoms with E-state index in [2.05, 4.69) is 9.88 Å². The number of hydrogen-bond donors (Lipinski definition) is 0. The monoisotopic (exact) mass is 228 g/mol. The second kappa shape index (κ2) is 4.79. The number of pyridine rings is 1. The van der Waals surface area contributed by atoms with E-state index < -0.39 is 0 Å². The zero-order valence-corrected chi connectivity index (χ0v) is 9.25. The number of piperidine rings is 1. The Morgan fingerprint density at radius 2 is 2.13 bits per heavy atom. The summed E-state index contributed by atoms with van der Waals surface area (Å²) in [7, 11) is 0. The minimum atomic E-state index is -0.198. The van der Waals surface area contributed by atoms with Crippen LogP contribution in [0.2, 0.25) is 5.15 Å². The van der Waals surface area contributed by atoms with Gasteiger partial charge in [-0.25, -0.2) is 4.98 Å². The van der Waals surface area contributed by atoms with Gasteiger partial charge in [0.25, 0.3) is 0 Å². The molecule has 1 aliphatic heterocycles. The molecule has 2 heterocycles. The van der Waals surface area contributed by atoms with Gasteiger partial charge >= 0.3 is 0 Å². The third-order valence-corrected chi connectivity index (χ3v) is 3.07. The molecule has 2 nitrogen and oxygen atoms in total. The summed E-state index contributed by atoms with van der Waals surface area (Å²) in [5.41, 5.74) is 0. The first-order chi connectivity index (χ1) is 7.29. The SMILES string of the molecule is FCC1CCN(c2cccc(Cl)n2)CC1. The average molecular weight is 229 g/mol. The predicted octanol–water partition coefficient (Wildman–Crippen LogP) is 2.92. The molecule has 0 unspecified atom stereocenters. The van der Waals surface area contributed by atoms with Crippen LogP contribution in [0.5, 0.6) is 0 Å². The van der Waals surface area contributed by atoms with Gasteiger partial charge in [-0.3, -0.25) is 4.39 Å². The molecule has 0 spiro atoms. The summed E-state index contributed by atoms with van der Waals surface area (Å²) < 4.78 is 12.4. The van der Waals surface area contributed by atoms with Crippen LogP contribution in [-0.2, 0) is 0 Å². The number of rotatable bonds is 2. The smallest absolute Gasteiger partial charge is 0.131 e. The van der Waals surface area contributed by atoms with Gasteiger partial charge in [-0.2, -0.15) is 0 Å². The van der Waals surface area contributed by atoms with Crippen LogP contribution in [0.15, 0.2) is 18.2 Å². The van der Waals surface area contributed by atoms with Gasteiger partial charge in [-0.15, -0.1) is 0 Å². The van der Waals surface area contributed by atoms with E-state index in [4.69, 9.17) is 11.6 Å². The molecule has 0 saturated carbocycles. The highest BCUT2D eigenvalue weighted by Crippen LogP contribution is 2.22. The Morgan fingerprint density at radius 1 is 1.40 bits per heavy atom. The lowest BCUT2D eigenvalue weighted by atomic mass is 9.98. The second-order valence-corrected chi connectivity index (χ2v) is 4.29. The van der Waals surface area contributed by atoms with Gasteiger partial charge in [-0.05, 0) is 30.9 Å². The lowest BCUT2D eigenvalue weighted by Crippen LogP contribution is -2.34. The van der Waals surface area contributed by atoms with Gasteiger partial charge in [0, 0.05) is 13.1 Å². The van der Waals surface area contributed by atoms with Gasteiger partial charge < -0.3 is 4.90 Å². The van der Waals surface area contributed by atoms with Crippen molar-refractivity contribution in [2.75, 3.05) is 24.7 Å². The van der Waals surface area contributed by atoms with E-state index in [0.717, 1.165) is 31.7 Å². The van der Waals surface area contributed by atoms with E-state index in [9.17, 15) is 4.39 Å². The minimum Gasteiger partial charge on any atom is -0.357 e. The van der Waals surface area contributed by atoms with Gasteiger partial charge in [0.15, 0.2) is 0 Å². The number of aromatic nitrogens is 1. The van der Waals surface area contributed by atoms with E-state index in [1.807, 2.05) is 12.1 Å². The van der Waals surface area contributed by atoms with Crippen LogP contribution >= 0.6 is 11.6 Å². The van der Waals surface area contributed by atoms with Crippen molar-refractivity contribution in [1.29, 1.82) is 0 Å². The summed E-state index contributed by atoms with van der Waals surface area (Å²) in [6, 6.07) is 5.60. The molecule has 1 aromatic rings. The summed E-state index contributed by atoms with van der Waals surface area (Å²) in [6.45, 7) is 1.56. The molecule has 0 amide bonds. The summed E-state index contributed by atoms with van der Waals surface area (Å²) >= 11 is 5.82. The zero-order valence-electron chi connectivity index (χ0n) is 8.50. The van der Waals surface area contributed by atoms with Crippen LogP contribution in [0.3, 0.4) is 0 Å². The molecule has 0 aromatic carbocycles. The van der Waals surface area contributed by atoms with Gasteiger partial charge in [0.1, 0.15) is 11.0 Å². The van der Waals surface area contributed by atoms with Crippen molar-refractivity contribution in [2.45, 2.75) is 12.8 Å². The van der Waals surface area contributed by atoms with Crippen molar-refractivity contribution < 1.29 is 4.39 Å². The Hall–Kier alpha value is -0.830. The van der Waals surface area contributed by atoms with Crippen LogP contribution in [0.1, 0.15) is 12.8 Å². The summed E-state index contributed by atoms with van der Waals surface area (Å²) in [4.78, 5) is 6.41. The van der Waals surface area contributed by atoms with Crippen molar-refractivity contribution in [3.8, 4) is 0 Å². The van der Waals surface area contributed by atoms with Crippen LogP contribution in [-0.4, -0.2) is 24.7 Å². The van der Waals surface area contributed by atoms with E-state index >= 15 is 0 Å². The lowest BCUT2D eigenvalue weighted by Gasteiger charge is -2.31. The minimum absolute atomic E-state index is 0.198. The average Bonchev–Trinajstić information content (AvgIpc) is 2.29. The lowest BCUT2D eigenvalue weighted by molar-refractivity contribution is 0.307. The highest BCUT2D eigenvalue weighted by atomic mass is 35.5. The topological polar surface area (TPSA) is 16.1 Å². The predicted molar refractivity (Wildman–Crippen MR) is 60.2 cm³/mol. The molecule has 0 N–H and O–H groups in total. The van der Waals surface area contributed by atoms with Gasteiger partial charge in [0.05, 0.1) is 6.67 Å². The Morgan fingerprint density at radius 3 is 2.73 bits per heavy atom. The molecule has 0 aliphatic carbocycles. The Balaban J connectivity index is 2.01. The van der Waals surface area contributed by atoms with Crippen molar-refractivity contribution >= 4 is 17.4 Å². The number of hydrogen-bond acceptors (Lipinski definition) is 2. The van der Waals surface area contributed by atoms with Gasteiger partial charge in [-0.1, -0.05) is 17.7 Å². The van der Waals surface area contributed by atoms with Crippen LogP contribution < -0.4 is 4.90 Å². The van der Waals surface area contributed by atoms with E-state index in [1.165, 1.54) is 0 Å². The van der Waals surface area contributed by atoms with Crippen LogP contribution in [0.25, 0.3) is 0 Å². The van der Waals surface area contributed by atoms with Crippen molar-refractivity contribution in [3.05, 3.63) is 23.4 Å². The highest BCUT2D eigenvalue weighted by molar-refractivity contribution is 6.29. The number of anilines is 1. The van der Waals surface area contributed by atoms with Crippen molar-refractivity contribution in [2.24, 2.45) is 5.92 Å². The third kappa shape index (κ3) is 2.59. The van der Waals surface area contributed by atoms with Gasteiger partial charge in [0.2, 0.25) is 0 Å². The molecule has 1 fully saturated rings. The fraction of sp³-hybridized carbons (Fsp3) is 0.545. The van der Waals surface area contributed by atoms with E-state index in [-0.39, 0.29) is 12.6 Å². The molecule has 1 aliphatic rings. The molecule has 2 rings (SSSR count). The summed E-state index contributed by atoms with van der Waals surface area (Å²) in [6.07, 6.45) is 1.81. The highest BCUT2D eigenvalue weighted by Gasteiger charge is 2.19. The first-order valence-corrected chi connectivity index (χ1v) is 5.61. The van der Waals surface area contributed by atoms with Crippen LogP contribution in [0, 0.1) is 5.92 Å². The van der Waals surface area contributed by atoms with Crippen molar-refractivity contribution in [3.63, 3.8) is 0 Å². The molecule has 0 bridgehead atoms. The van der Waals surface area contributed by atoms with Crippen molar-refractivity contribution in [1.82, 2.24) is 4.98 Å².